The predicted molar refractivity (Wildman–Crippen MR) is 95.9 cm³/mol. The highest BCUT2D eigenvalue weighted by molar-refractivity contribution is 5.40. The SMILES string of the molecule is CCCC1CCC(C2CCC(c3ccc(N)cc3)CC2)CC1. The minimum absolute atomic E-state index is 0.785. The number of nitrogen functional groups attached to an aromatic ring is 1. The summed E-state index contributed by atoms with van der Waals surface area (Å²) in [6.07, 6.45) is 14.6. The van der Waals surface area contributed by atoms with Gasteiger partial charge in [0.1, 0.15) is 0 Å². The molecule has 0 saturated heterocycles. The lowest BCUT2D eigenvalue weighted by molar-refractivity contribution is 0.156. The molecule has 0 radical (unpaired) electrons. The van der Waals surface area contributed by atoms with Gasteiger partial charge in [0, 0.05) is 5.69 Å². The Bertz CT molecular complexity index is 433. The molecule has 1 heteroatoms. The zero-order valence-corrected chi connectivity index (χ0v) is 14.3. The van der Waals surface area contributed by atoms with E-state index in [1.54, 1.807) is 0 Å². The number of hydrogen-bond acceptors (Lipinski definition) is 1. The fraction of sp³-hybridized carbons (Fsp3) is 0.714. The first-order chi connectivity index (χ1) is 10.8. The molecular formula is C21H33N. The van der Waals surface area contributed by atoms with E-state index in [2.05, 4.69) is 31.2 Å². The van der Waals surface area contributed by atoms with Crippen LogP contribution in [0.5, 0.6) is 0 Å². The quantitative estimate of drug-likeness (QED) is 0.663. The fourth-order valence-corrected chi connectivity index (χ4v) is 5.05. The van der Waals surface area contributed by atoms with E-state index in [0.717, 1.165) is 29.4 Å². The molecule has 122 valence electrons. The topological polar surface area (TPSA) is 26.0 Å². The molecule has 22 heavy (non-hydrogen) atoms. The summed E-state index contributed by atoms with van der Waals surface area (Å²) in [5, 5.41) is 0. The second-order valence-electron chi connectivity index (χ2n) is 7.85. The molecule has 2 saturated carbocycles. The van der Waals surface area contributed by atoms with Crippen molar-refractivity contribution in [2.24, 2.45) is 17.8 Å². The van der Waals surface area contributed by atoms with Crippen LogP contribution in [0.25, 0.3) is 0 Å². The first-order valence-corrected chi connectivity index (χ1v) is 9.61. The fourth-order valence-electron chi connectivity index (χ4n) is 5.05. The summed E-state index contributed by atoms with van der Waals surface area (Å²) in [6.45, 7) is 2.34. The molecule has 2 aliphatic carbocycles. The van der Waals surface area contributed by atoms with Crippen LogP contribution in [0.2, 0.25) is 0 Å². The summed E-state index contributed by atoms with van der Waals surface area (Å²) in [5.41, 5.74) is 8.21. The van der Waals surface area contributed by atoms with Gasteiger partial charge in [-0.1, -0.05) is 44.7 Å². The Morgan fingerprint density at radius 2 is 1.36 bits per heavy atom. The van der Waals surface area contributed by atoms with E-state index in [0.29, 0.717) is 0 Å². The van der Waals surface area contributed by atoms with Gasteiger partial charge in [-0.3, -0.25) is 0 Å². The van der Waals surface area contributed by atoms with Gasteiger partial charge in [-0.15, -0.1) is 0 Å². The third-order valence-corrected chi connectivity index (χ3v) is 6.43. The Morgan fingerprint density at radius 1 is 0.818 bits per heavy atom. The number of benzene rings is 1. The third kappa shape index (κ3) is 3.86. The van der Waals surface area contributed by atoms with Gasteiger partial charge in [-0.2, -0.15) is 0 Å². The standard InChI is InChI=1S/C21H33N/c1-2-3-16-4-6-17(7-5-16)18-8-10-19(11-9-18)20-12-14-21(22)15-13-20/h12-19H,2-11,22H2,1H3. The average Bonchev–Trinajstić information content (AvgIpc) is 2.57. The first-order valence-electron chi connectivity index (χ1n) is 9.61. The molecule has 2 aliphatic rings. The Morgan fingerprint density at radius 3 is 1.91 bits per heavy atom. The maximum Gasteiger partial charge on any atom is 0.0314 e. The van der Waals surface area contributed by atoms with E-state index in [1.165, 1.54) is 69.8 Å². The van der Waals surface area contributed by atoms with E-state index in [4.69, 9.17) is 5.73 Å². The van der Waals surface area contributed by atoms with E-state index in [9.17, 15) is 0 Å². The average molecular weight is 300 g/mol. The van der Waals surface area contributed by atoms with Crippen molar-refractivity contribution in [1.29, 1.82) is 0 Å². The minimum Gasteiger partial charge on any atom is -0.399 e. The lowest BCUT2D eigenvalue weighted by Gasteiger charge is -2.38. The van der Waals surface area contributed by atoms with Gasteiger partial charge in [0.25, 0.3) is 0 Å². The van der Waals surface area contributed by atoms with Crippen LogP contribution in [-0.2, 0) is 0 Å². The van der Waals surface area contributed by atoms with E-state index < -0.39 is 0 Å². The van der Waals surface area contributed by atoms with Crippen LogP contribution in [0.4, 0.5) is 5.69 Å². The zero-order chi connectivity index (χ0) is 15.4. The summed E-state index contributed by atoms with van der Waals surface area (Å²) in [5.74, 6) is 3.90. The van der Waals surface area contributed by atoms with Crippen molar-refractivity contribution in [3.63, 3.8) is 0 Å². The summed E-state index contributed by atoms with van der Waals surface area (Å²) in [6, 6.07) is 8.62. The predicted octanol–water partition coefficient (Wildman–Crippen LogP) is 6.15. The summed E-state index contributed by atoms with van der Waals surface area (Å²) in [7, 11) is 0. The maximum atomic E-state index is 5.81. The lowest BCUT2D eigenvalue weighted by atomic mass is 9.68. The van der Waals surface area contributed by atoms with Crippen LogP contribution in [0, 0.1) is 17.8 Å². The number of rotatable bonds is 4. The molecule has 0 bridgehead atoms. The van der Waals surface area contributed by atoms with Gasteiger partial charge >= 0.3 is 0 Å². The molecule has 1 aromatic rings. The van der Waals surface area contributed by atoms with Crippen molar-refractivity contribution in [3.05, 3.63) is 29.8 Å². The molecule has 1 aromatic carbocycles. The Labute approximate surface area is 136 Å². The summed E-state index contributed by atoms with van der Waals surface area (Å²) in [4.78, 5) is 0. The van der Waals surface area contributed by atoms with Crippen LogP contribution >= 0.6 is 0 Å². The molecule has 0 aromatic heterocycles. The summed E-state index contributed by atoms with van der Waals surface area (Å²) >= 11 is 0. The number of anilines is 1. The second kappa shape index (κ2) is 7.53. The van der Waals surface area contributed by atoms with Crippen molar-refractivity contribution in [1.82, 2.24) is 0 Å². The van der Waals surface area contributed by atoms with E-state index in [-0.39, 0.29) is 0 Å². The molecule has 0 aliphatic heterocycles. The van der Waals surface area contributed by atoms with Crippen molar-refractivity contribution in [2.45, 2.75) is 77.0 Å². The molecule has 2 fully saturated rings. The largest absolute Gasteiger partial charge is 0.399 e. The summed E-state index contributed by atoms with van der Waals surface area (Å²) < 4.78 is 0. The molecule has 2 N–H and O–H groups in total. The molecule has 0 unspecified atom stereocenters. The molecule has 0 atom stereocenters. The third-order valence-electron chi connectivity index (χ3n) is 6.43. The van der Waals surface area contributed by atoms with Crippen LogP contribution in [0.3, 0.4) is 0 Å². The molecule has 0 spiro atoms. The van der Waals surface area contributed by atoms with E-state index in [1.807, 2.05) is 0 Å². The number of nitrogens with two attached hydrogens (primary N) is 1. The van der Waals surface area contributed by atoms with Crippen LogP contribution in [0.15, 0.2) is 24.3 Å². The van der Waals surface area contributed by atoms with Gasteiger partial charge in [-0.25, -0.2) is 0 Å². The molecule has 0 heterocycles. The van der Waals surface area contributed by atoms with Gasteiger partial charge in [0.05, 0.1) is 0 Å². The maximum absolute atomic E-state index is 5.81. The smallest absolute Gasteiger partial charge is 0.0314 e. The normalized spacial score (nSPS) is 32.8. The van der Waals surface area contributed by atoms with Gasteiger partial charge in [-0.05, 0) is 79.9 Å². The Hall–Kier alpha value is -0.980. The zero-order valence-electron chi connectivity index (χ0n) is 14.3. The number of hydrogen-bond donors (Lipinski definition) is 1. The Kier molecular flexibility index (Phi) is 5.44. The molecule has 3 rings (SSSR count). The molecular weight excluding hydrogens is 266 g/mol. The van der Waals surface area contributed by atoms with E-state index >= 15 is 0 Å². The van der Waals surface area contributed by atoms with Crippen LogP contribution < -0.4 is 5.73 Å². The Balaban J connectivity index is 1.47. The highest BCUT2D eigenvalue weighted by Gasteiger charge is 2.30. The van der Waals surface area contributed by atoms with Crippen molar-refractivity contribution in [2.75, 3.05) is 5.73 Å². The van der Waals surface area contributed by atoms with Crippen LogP contribution in [-0.4, -0.2) is 0 Å². The van der Waals surface area contributed by atoms with Crippen molar-refractivity contribution in [3.8, 4) is 0 Å². The van der Waals surface area contributed by atoms with Crippen LogP contribution in [0.1, 0.15) is 82.6 Å². The lowest BCUT2D eigenvalue weighted by Crippen LogP contribution is -2.25. The van der Waals surface area contributed by atoms with Gasteiger partial charge in [0.15, 0.2) is 0 Å². The molecule has 1 nitrogen and oxygen atoms in total. The molecule has 0 amide bonds. The van der Waals surface area contributed by atoms with Gasteiger partial charge < -0.3 is 5.73 Å². The highest BCUT2D eigenvalue weighted by atomic mass is 14.5. The van der Waals surface area contributed by atoms with Gasteiger partial charge in [0.2, 0.25) is 0 Å². The second-order valence-corrected chi connectivity index (χ2v) is 7.85. The minimum atomic E-state index is 0.785. The highest BCUT2D eigenvalue weighted by Crippen LogP contribution is 2.44. The van der Waals surface area contributed by atoms with Crippen molar-refractivity contribution >= 4 is 5.69 Å². The monoisotopic (exact) mass is 299 g/mol. The first kappa shape index (κ1) is 15.9. The van der Waals surface area contributed by atoms with Crippen molar-refractivity contribution < 1.29 is 0 Å².